The van der Waals surface area contributed by atoms with Gasteiger partial charge in [-0.05, 0) is 11.1 Å². The smallest absolute Gasteiger partial charge is 0.309 e. The Kier molecular flexibility index (Phi) is 5.49. The van der Waals surface area contributed by atoms with Crippen LogP contribution in [-0.2, 0) is 22.5 Å². The van der Waals surface area contributed by atoms with Gasteiger partial charge in [0.25, 0.3) is 0 Å². The van der Waals surface area contributed by atoms with E-state index in [1.807, 2.05) is 18.2 Å². The van der Waals surface area contributed by atoms with E-state index in [9.17, 15) is 4.79 Å². The van der Waals surface area contributed by atoms with E-state index < -0.39 is 0 Å². The van der Waals surface area contributed by atoms with Crippen LogP contribution in [0.15, 0.2) is 24.3 Å². The quantitative estimate of drug-likeness (QED) is 0.798. The molecule has 0 aliphatic carbocycles. The van der Waals surface area contributed by atoms with Gasteiger partial charge in [-0.2, -0.15) is 11.8 Å². The van der Waals surface area contributed by atoms with Crippen LogP contribution in [0.1, 0.15) is 25.0 Å². The lowest BCUT2D eigenvalue weighted by Gasteiger charge is -2.35. The molecule has 110 valence electrons. The van der Waals surface area contributed by atoms with Crippen molar-refractivity contribution in [3.05, 3.63) is 35.4 Å². The molecule has 0 bridgehead atoms. The Balaban J connectivity index is 2.06. The summed E-state index contributed by atoms with van der Waals surface area (Å²) < 4.78 is 4.78. The maximum atomic E-state index is 11.5. The van der Waals surface area contributed by atoms with Gasteiger partial charge in [-0.1, -0.05) is 38.1 Å². The fraction of sp³-hybridized carbons (Fsp3) is 0.562. The van der Waals surface area contributed by atoms with Gasteiger partial charge >= 0.3 is 5.97 Å². The molecule has 3 nitrogen and oxygen atoms in total. The Morgan fingerprint density at radius 1 is 1.25 bits per heavy atom. The molecule has 1 fully saturated rings. The van der Waals surface area contributed by atoms with E-state index in [0.29, 0.717) is 16.9 Å². The van der Waals surface area contributed by atoms with Crippen LogP contribution >= 0.6 is 11.8 Å². The number of benzene rings is 1. The molecule has 1 aromatic rings. The molecule has 4 heteroatoms. The first-order valence-electron chi connectivity index (χ1n) is 7.10. The van der Waals surface area contributed by atoms with E-state index in [4.69, 9.17) is 4.74 Å². The number of carbonyl (C=O) groups excluding carboxylic acids is 1. The van der Waals surface area contributed by atoms with Gasteiger partial charge in [0.1, 0.15) is 0 Å². The first-order valence-corrected chi connectivity index (χ1v) is 8.04. The minimum Gasteiger partial charge on any atom is -0.469 e. The second-order valence-corrected chi connectivity index (χ2v) is 7.35. The molecule has 0 N–H and O–H groups in total. The second kappa shape index (κ2) is 7.14. The molecule has 1 aromatic carbocycles. The molecule has 20 heavy (non-hydrogen) atoms. The Bertz CT molecular complexity index is 454. The van der Waals surface area contributed by atoms with Crippen LogP contribution in [0, 0.1) is 0 Å². The fourth-order valence-electron chi connectivity index (χ4n) is 2.77. The summed E-state index contributed by atoms with van der Waals surface area (Å²) in [4.78, 5) is 14.0. The predicted molar refractivity (Wildman–Crippen MR) is 84.0 cm³/mol. The van der Waals surface area contributed by atoms with E-state index in [-0.39, 0.29) is 5.97 Å². The number of carbonyl (C=O) groups is 1. The van der Waals surface area contributed by atoms with Crippen molar-refractivity contribution >= 4 is 17.7 Å². The molecular weight excluding hydrogens is 270 g/mol. The van der Waals surface area contributed by atoms with Crippen molar-refractivity contribution in [1.29, 1.82) is 0 Å². The fourth-order valence-corrected chi connectivity index (χ4v) is 4.15. The van der Waals surface area contributed by atoms with Crippen LogP contribution in [-0.4, -0.2) is 41.6 Å². The molecule has 0 amide bonds. The van der Waals surface area contributed by atoms with Crippen LogP contribution in [0.4, 0.5) is 0 Å². The SMILES string of the molecule is COC(=O)Cc1ccccc1CN1CC(C)SC(C)C1. The van der Waals surface area contributed by atoms with Crippen LogP contribution in [0.5, 0.6) is 0 Å². The van der Waals surface area contributed by atoms with Crippen LogP contribution < -0.4 is 0 Å². The maximum Gasteiger partial charge on any atom is 0.309 e. The van der Waals surface area contributed by atoms with Gasteiger partial charge in [0.2, 0.25) is 0 Å². The van der Waals surface area contributed by atoms with Gasteiger partial charge in [-0.25, -0.2) is 0 Å². The molecule has 2 unspecified atom stereocenters. The van der Waals surface area contributed by atoms with Crippen molar-refractivity contribution < 1.29 is 9.53 Å². The summed E-state index contributed by atoms with van der Waals surface area (Å²) in [6.45, 7) is 7.72. The number of nitrogens with zero attached hydrogens (tertiary/aromatic N) is 1. The summed E-state index contributed by atoms with van der Waals surface area (Å²) in [5.41, 5.74) is 2.32. The topological polar surface area (TPSA) is 29.5 Å². The Morgan fingerprint density at radius 2 is 1.85 bits per heavy atom. The minimum atomic E-state index is -0.173. The van der Waals surface area contributed by atoms with Gasteiger partial charge in [0.15, 0.2) is 0 Å². The number of ether oxygens (including phenoxy) is 1. The maximum absolute atomic E-state index is 11.5. The monoisotopic (exact) mass is 293 g/mol. The highest BCUT2D eigenvalue weighted by molar-refractivity contribution is 8.00. The van der Waals surface area contributed by atoms with E-state index >= 15 is 0 Å². The Labute approximate surface area is 125 Å². The minimum absolute atomic E-state index is 0.173. The molecule has 1 aliphatic heterocycles. The number of hydrogen-bond donors (Lipinski definition) is 0. The lowest BCUT2D eigenvalue weighted by atomic mass is 10.0. The first-order chi connectivity index (χ1) is 9.58. The van der Waals surface area contributed by atoms with E-state index in [0.717, 1.165) is 25.2 Å². The van der Waals surface area contributed by atoms with Gasteiger partial charge in [-0.15, -0.1) is 0 Å². The zero-order valence-electron chi connectivity index (χ0n) is 12.5. The molecule has 2 rings (SSSR count). The molecule has 2 atom stereocenters. The number of rotatable bonds is 4. The zero-order valence-corrected chi connectivity index (χ0v) is 13.3. The van der Waals surface area contributed by atoms with Gasteiger partial charge < -0.3 is 4.74 Å². The highest BCUT2D eigenvalue weighted by Gasteiger charge is 2.22. The predicted octanol–water partition coefficient (Wildman–Crippen LogP) is 2.73. The summed E-state index contributed by atoms with van der Waals surface area (Å²) in [5.74, 6) is -0.173. The van der Waals surface area contributed by atoms with Gasteiger partial charge in [-0.3, -0.25) is 9.69 Å². The van der Waals surface area contributed by atoms with Crippen molar-refractivity contribution in [2.45, 2.75) is 37.3 Å². The summed E-state index contributed by atoms with van der Waals surface area (Å²) >= 11 is 2.06. The standard InChI is InChI=1S/C16H23NO2S/c1-12-9-17(10-13(2)20-12)11-15-7-5-4-6-14(15)8-16(18)19-3/h4-7,12-13H,8-11H2,1-3H3. The van der Waals surface area contributed by atoms with Gasteiger partial charge in [0, 0.05) is 30.1 Å². The summed E-state index contributed by atoms with van der Waals surface area (Å²) in [6, 6.07) is 8.17. The normalized spacial score (nSPS) is 23.6. The number of thioether (sulfide) groups is 1. The second-order valence-electron chi connectivity index (χ2n) is 5.47. The lowest BCUT2D eigenvalue weighted by Crippen LogP contribution is -2.39. The summed E-state index contributed by atoms with van der Waals surface area (Å²) in [6.07, 6.45) is 0.361. The molecule has 0 spiro atoms. The summed E-state index contributed by atoms with van der Waals surface area (Å²) in [7, 11) is 1.44. The van der Waals surface area contributed by atoms with E-state index in [2.05, 4.69) is 36.6 Å². The summed E-state index contributed by atoms with van der Waals surface area (Å²) in [5, 5.41) is 1.35. The van der Waals surface area contributed by atoms with Crippen molar-refractivity contribution in [3.8, 4) is 0 Å². The molecule has 1 aliphatic rings. The lowest BCUT2D eigenvalue weighted by molar-refractivity contribution is -0.139. The zero-order chi connectivity index (χ0) is 14.5. The van der Waals surface area contributed by atoms with Crippen LogP contribution in [0.2, 0.25) is 0 Å². The number of methoxy groups -OCH3 is 1. The third kappa shape index (κ3) is 4.25. The highest BCUT2D eigenvalue weighted by atomic mass is 32.2. The number of hydrogen-bond acceptors (Lipinski definition) is 4. The van der Waals surface area contributed by atoms with Gasteiger partial charge in [0.05, 0.1) is 13.5 Å². The van der Waals surface area contributed by atoms with Crippen molar-refractivity contribution in [2.24, 2.45) is 0 Å². The van der Waals surface area contributed by atoms with E-state index in [1.165, 1.54) is 12.7 Å². The molecule has 1 saturated heterocycles. The molecule has 0 aromatic heterocycles. The highest BCUT2D eigenvalue weighted by Crippen LogP contribution is 2.26. The Hall–Kier alpha value is -1.00. The average Bonchev–Trinajstić information content (AvgIpc) is 2.39. The largest absolute Gasteiger partial charge is 0.469 e. The van der Waals surface area contributed by atoms with Crippen molar-refractivity contribution in [3.63, 3.8) is 0 Å². The third-order valence-electron chi connectivity index (χ3n) is 3.57. The van der Waals surface area contributed by atoms with Crippen molar-refractivity contribution in [1.82, 2.24) is 4.90 Å². The van der Waals surface area contributed by atoms with Crippen LogP contribution in [0.3, 0.4) is 0 Å². The average molecular weight is 293 g/mol. The van der Waals surface area contributed by atoms with Crippen molar-refractivity contribution in [2.75, 3.05) is 20.2 Å². The molecule has 1 heterocycles. The Morgan fingerprint density at radius 3 is 2.45 bits per heavy atom. The third-order valence-corrected chi connectivity index (χ3v) is 4.80. The van der Waals surface area contributed by atoms with Crippen LogP contribution in [0.25, 0.3) is 0 Å². The number of esters is 1. The molecule has 0 saturated carbocycles. The van der Waals surface area contributed by atoms with E-state index in [1.54, 1.807) is 0 Å². The molecular formula is C16H23NO2S. The first kappa shape index (κ1) is 15.4. The molecule has 0 radical (unpaired) electrons.